The number of piperazine rings is 1. The fourth-order valence-electron chi connectivity index (χ4n) is 5.18. The van der Waals surface area contributed by atoms with Gasteiger partial charge in [0.05, 0.1) is 11.7 Å². The normalized spacial score (nSPS) is 18.3. The van der Waals surface area contributed by atoms with Crippen molar-refractivity contribution in [2.75, 3.05) is 49.5 Å². The first-order valence-corrected chi connectivity index (χ1v) is 13.0. The summed E-state index contributed by atoms with van der Waals surface area (Å²) in [6.45, 7) is 5.93. The van der Waals surface area contributed by atoms with Gasteiger partial charge in [0.2, 0.25) is 0 Å². The van der Waals surface area contributed by atoms with Crippen LogP contribution < -0.4 is 20.9 Å². The molecular formula is C28H30N8. The smallest absolute Gasteiger partial charge is 0.162 e. The molecule has 4 aromatic rings. The van der Waals surface area contributed by atoms with Gasteiger partial charge in [0.1, 0.15) is 11.6 Å². The van der Waals surface area contributed by atoms with Crippen LogP contribution >= 0.6 is 0 Å². The van der Waals surface area contributed by atoms with Crippen LogP contribution in [0.3, 0.4) is 0 Å². The summed E-state index contributed by atoms with van der Waals surface area (Å²) < 4.78 is 0. The third-order valence-corrected chi connectivity index (χ3v) is 7.50. The van der Waals surface area contributed by atoms with E-state index in [1.807, 2.05) is 30.7 Å². The second-order valence-electron chi connectivity index (χ2n) is 10.0. The number of benzene rings is 1. The molecule has 5 heterocycles. The van der Waals surface area contributed by atoms with E-state index in [9.17, 15) is 0 Å². The van der Waals surface area contributed by atoms with Gasteiger partial charge in [-0.2, -0.15) is 0 Å². The summed E-state index contributed by atoms with van der Waals surface area (Å²) in [5.74, 6) is 3.74. The van der Waals surface area contributed by atoms with Crippen LogP contribution in [-0.4, -0.2) is 59.2 Å². The van der Waals surface area contributed by atoms with E-state index in [0.29, 0.717) is 17.7 Å². The molecule has 1 aliphatic carbocycles. The monoisotopic (exact) mass is 478 g/mol. The van der Waals surface area contributed by atoms with Crippen LogP contribution in [0.5, 0.6) is 0 Å². The van der Waals surface area contributed by atoms with Crippen LogP contribution in [0.15, 0.2) is 55.0 Å². The molecule has 36 heavy (non-hydrogen) atoms. The molecule has 0 bridgehead atoms. The standard InChI is InChI=1S/C28H30N8/c1-2-19(1)23-16-31-17-24-26(23)28(36-11-9-29-10-12-36)35-27(34-24)20-7-8-32-25(13-20)33-22-5-3-18(4-6-22)21-14-30-15-21/h3-8,13,16-17,19,21,29-30H,1-2,9-12,14-15H2,(H,32,33). The molecule has 182 valence electrons. The van der Waals surface area contributed by atoms with Gasteiger partial charge in [-0.05, 0) is 54.2 Å². The number of aromatic nitrogens is 4. The highest BCUT2D eigenvalue weighted by Gasteiger charge is 2.29. The van der Waals surface area contributed by atoms with Gasteiger partial charge in [-0.1, -0.05) is 12.1 Å². The van der Waals surface area contributed by atoms with Crippen LogP contribution in [-0.2, 0) is 0 Å². The zero-order valence-corrected chi connectivity index (χ0v) is 20.2. The Balaban J connectivity index is 1.24. The van der Waals surface area contributed by atoms with Crippen molar-refractivity contribution in [2.45, 2.75) is 24.7 Å². The van der Waals surface area contributed by atoms with Crippen LogP contribution in [0.25, 0.3) is 22.3 Å². The highest BCUT2D eigenvalue weighted by molar-refractivity contribution is 5.94. The number of nitrogens with one attached hydrogen (secondary N) is 3. The number of nitrogens with zero attached hydrogens (tertiary/aromatic N) is 5. The van der Waals surface area contributed by atoms with Gasteiger partial charge < -0.3 is 20.9 Å². The molecule has 8 nitrogen and oxygen atoms in total. The van der Waals surface area contributed by atoms with Crippen molar-refractivity contribution in [1.82, 2.24) is 30.6 Å². The van der Waals surface area contributed by atoms with Crippen molar-refractivity contribution in [3.05, 3.63) is 66.1 Å². The molecule has 3 aromatic heterocycles. The summed E-state index contributed by atoms with van der Waals surface area (Å²) >= 11 is 0. The molecule has 0 amide bonds. The third-order valence-electron chi connectivity index (χ3n) is 7.50. The number of hydrogen-bond acceptors (Lipinski definition) is 8. The topological polar surface area (TPSA) is 90.9 Å². The van der Waals surface area contributed by atoms with Gasteiger partial charge in [-0.3, -0.25) is 4.98 Å². The molecule has 2 aliphatic heterocycles. The summed E-state index contributed by atoms with van der Waals surface area (Å²) in [4.78, 5) is 21.7. The summed E-state index contributed by atoms with van der Waals surface area (Å²) in [6, 6.07) is 12.7. The molecule has 7 rings (SSSR count). The molecule has 3 N–H and O–H groups in total. The van der Waals surface area contributed by atoms with E-state index in [4.69, 9.17) is 9.97 Å². The van der Waals surface area contributed by atoms with Gasteiger partial charge in [-0.15, -0.1) is 0 Å². The third kappa shape index (κ3) is 4.16. The molecule has 0 radical (unpaired) electrons. The summed E-state index contributed by atoms with van der Waals surface area (Å²) in [5.41, 5.74) is 5.57. The minimum atomic E-state index is 0.584. The van der Waals surface area contributed by atoms with E-state index in [1.54, 1.807) is 0 Å². The minimum absolute atomic E-state index is 0.584. The van der Waals surface area contributed by atoms with Gasteiger partial charge in [0.15, 0.2) is 5.82 Å². The highest BCUT2D eigenvalue weighted by atomic mass is 15.2. The van der Waals surface area contributed by atoms with E-state index in [0.717, 1.165) is 67.7 Å². The Bertz CT molecular complexity index is 1390. The maximum absolute atomic E-state index is 5.16. The molecule has 1 saturated carbocycles. The van der Waals surface area contributed by atoms with E-state index in [-0.39, 0.29) is 0 Å². The number of hydrogen-bond donors (Lipinski definition) is 3. The maximum atomic E-state index is 5.16. The average Bonchev–Trinajstić information content (AvgIpc) is 3.74. The molecule has 3 aliphatic rings. The summed E-state index contributed by atoms with van der Waals surface area (Å²) in [6.07, 6.45) is 8.18. The van der Waals surface area contributed by atoms with Gasteiger partial charge in [0, 0.05) is 74.2 Å². The van der Waals surface area contributed by atoms with Crippen molar-refractivity contribution in [3.8, 4) is 11.4 Å². The van der Waals surface area contributed by atoms with Crippen molar-refractivity contribution in [2.24, 2.45) is 0 Å². The Morgan fingerprint density at radius 3 is 2.47 bits per heavy atom. The second kappa shape index (κ2) is 9.11. The van der Waals surface area contributed by atoms with E-state index < -0.39 is 0 Å². The first-order valence-electron chi connectivity index (χ1n) is 13.0. The van der Waals surface area contributed by atoms with E-state index in [2.05, 4.69) is 55.1 Å². The largest absolute Gasteiger partial charge is 0.353 e. The Labute approximate surface area is 210 Å². The molecule has 0 unspecified atom stereocenters. The highest BCUT2D eigenvalue weighted by Crippen LogP contribution is 2.44. The molecule has 8 heteroatoms. The first-order chi connectivity index (χ1) is 17.8. The van der Waals surface area contributed by atoms with Crippen LogP contribution in [0.2, 0.25) is 0 Å². The quantitative estimate of drug-likeness (QED) is 0.386. The van der Waals surface area contributed by atoms with Crippen LogP contribution in [0.4, 0.5) is 17.3 Å². The van der Waals surface area contributed by atoms with Crippen molar-refractivity contribution >= 4 is 28.2 Å². The number of fused-ring (bicyclic) bond motifs is 1. The molecule has 1 aromatic carbocycles. The Morgan fingerprint density at radius 1 is 0.889 bits per heavy atom. The maximum Gasteiger partial charge on any atom is 0.162 e. The second-order valence-corrected chi connectivity index (χ2v) is 10.0. The predicted octanol–water partition coefficient (Wildman–Crippen LogP) is 3.80. The van der Waals surface area contributed by atoms with Gasteiger partial charge in [0.25, 0.3) is 0 Å². The van der Waals surface area contributed by atoms with Crippen LogP contribution in [0, 0.1) is 0 Å². The lowest BCUT2D eigenvalue weighted by molar-refractivity contribution is 0.448. The van der Waals surface area contributed by atoms with Gasteiger partial charge in [-0.25, -0.2) is 15.0 Å². The number of anilines is 3. The fraction of sp³-hybridized carbons (Fsp3) is 0.357. The van der Waals surface area contributed by atoms with Crippen molar-refractivity contribution < 1.29 is 0 Å². The van der Waals surface area contributed by atoms with Crippen molar-refractivity contribution in [3.63, 3.8) is 0 Å². The predicted molar refractivity (Wildman–Crippen MR) is 143 cm³/mol. The Kier molecular flexibility index (Phi) is 5.48. The molecule has 0 spiro atoms. The zero-order chi connectivity index (χ0) is 23.9. The van der Waals surface area contributed by atoms with Gasteiger partial charge >= 0.3 is 0 Å². The molecular weight excluding hydrogens is 448 g/mol. The molecule has 3 fully saturated rings. The first kappa shape index (κ1) is 21.6. The minimum Gasteiger partial charge on any atom is -0.353 e. The van der Waals surface area contributed by atoms with Crippen LogP contribution in [0.1, 0.15) is 35.8 Å². The Morgan fingerprint density at radius 2 is 1.72 bits per heavy atom. The summed E-state index contributed by atoms with van der Waals surface area (Å²) in [7, 11) is 0. The summed E-state index contributed by atoms with van der Waals surface area (Å²) in [5, 5.41) is 11.4. The molecule has 2 saturated heterocycles. The fourth-order valence-corrected chi connectivity index (χ4v) is 5.18. The molecule has 0 atom stereocenters. The SMILES string of the molecule is c1cc(-c2nc(N3CCNCC3)c3c(C4CC4)cncc3n2)cc(Nc2ccc(C3CNC3)cc2)n1. The number of pyridine rings is 2. The number of rotatable bonds is 6. The Hall–Kier alpha value is -3.62. The van der Waals surface area contributed by atoms with Crippen molar-refractivity contribution in [1.29, 1.82) is 0 Å². The van der Waals surface area contributed by atoms with E-state index >= 15 is 0 Å². The zero-order valence-electron chi connectivity index (χ0n) is 20.2. The lowest BCUT2D eigenvalue weighted by Gasteiger charge is -2.30. The lowest BCUT2D eigenvalue weighted by Crippen LogP contribution is -2.44. The van der Waals surface area contributed by atoms with E-state index in [1.165, 1.54) is 29.4 Å². The average molecular weight is 479 g/mol. The lowest BCUT2D eigenvalue weighted by atomic mass is 9.94.